The lowest BCUT2D eigenvalue weighted by atomic mass is 10.1. The lowest BCUT2D eigenvalue weighted by molar-refractivity contribution is 0.199. The van der Waals surface area contributed by atoms with E-state index in [9.17, 15) is 4.39 Å². The van der Waals surface area contributed by atoms with Crippen molar-refractivity contribution in [1.29, 1.82) is 0 Å². The summed E-state index contributed by atoms with van der Waals surface area (Å²) in [6.45, 7) is 4.57. The maximum atomic E-state index is 13.2. The summed E-state index contributed by atoms with van der Waals surface area (Å²) in [7, 11) is 2.13. The van der Waals surface area contributed by atoms with Gasteiger partial charge in [0.05, 0.1) is 12.3 Å². The number of hydrogen-bond acceptors (Lipinski definition) is 4. The van der Waals surface area contributed by atoms with Crippen molar-refractivity contribution in [3.8, 4) is 0 Å². The summed E-state index contributed by atoms with van der Waals surface area (Å²) in [6, 6.07) is 14.2. The smallest absolute Gasteiger partial charge is 0.229 e. The number of nitrogens with zero attached hydrogens (tertiary/aromatic N) is 5. The fourth-order valence-electron chi connectivity index (χ4n) is 3.31. The van der Waals surface area contributed by atoms with E-state index in [-0.39, 0.29) is 5.82 Å². The third-order valence-corrected chi connectivity index (χ3v) is 6.03. The number of rotatable bonds is 3. The monoisotopic (exact) mass is 431 g/mol. The van der Waals surface area contributed by atoms with Crippen LogP contribution in [0.4, 0.5) is 4.39 Å². The van der Waals surface area contributed by atoms with Crippen molar-refractivity contribution in [1.82, 2.24) is 14.8 Å². The number of piperazine rings is 1. The molecule has 0 bridgehead atoms. The molecule has 152 valence electrons. The van der Waals surface area contributed by atoms with Crippen molar-refractivity contribution in [3.63, 3.8) is 0 Å². The summed E-state index contributed by atoms with van der Waals surface area (Å²) >= 11 is 7.37. The van der Waals surface area contributed by atoms with Crippen molar-refractivity contribution in [2.45, 2.75) is 11.3 Å². The van der Waals surface area contributed by atoms with Gasteiger partial charge in [0.2, 0.25) is 5.96 Å². The van der Waals surface area contributed by atoms with E-state index in [4.69, 9.17) is 21.1 Å². The average molecular weight is 432 g/mol. The van der Waals surface area contributed by atoms with Gasteiger partial charge in [0.1, 0.15) is 5.82 Å². The predicted octanol–water partition coefficient (Wildman–Crippen LogP) is 4.20. The van der Waals surface area contributed by atoms with Crippen molar-refractivity contribution in [3.05, 3.63) is 64.9 Å². The zero-order valence-corrected chi connectivity index (χ0v) is 17.8. The zero-order valence-electron chi connectivity index (χ0n) is 16.3. The van der Waals surface area contributed by atoms with Gasteiger partial charge in [-0.05, 0) is 49.0 Å². The van der Waals surface area contributed by atoms with Gasteiger partial charge in [-0.1, -0.05) is 23.7 Å². The van der Waals surface area contributed by atoms with Crippen LogP contribution in [0, 0.1) is 5.82 Å². The van der Waals surface area contributed by atoms with Gasteiger partial charge in [0.15, 0.2) is 0 Å². The largest absolute Gasteiger partial charge is 0.338 e. The maximum absolute atomic E-state index is 13.2. The van der Waals surface area contributed by atoms with Gasteiger partial charge in [-0.2, -0.15) is 9.50 Å². The van der Waals surface area contributed by atoms with Crippen LogP contribution < -0.4 is 0 Å². The Morgan fingerprint density at radius 3 is 2.38 bits per heavy atom. The Morgan fingerprint density at radius 1 is 1.00 bits per heavy atom. The minimum Gasteiger partial charge on any atom is -0.338 e. The minimum atomic E-state index is -0.241. The minimum absolute atomic E-state index is 0.241. The molecule has 0 N–H and O–H groups in total. The molecule has 2 aliphatic heterocycles. The van der Waals surface area contributed by atoms with E-state index in [2.05, 4.69) is 16.8 Å². The third kappa shape index (κ3) is 5.10. The molecule has 29 heavy (non-hydrogen) atoms. The number of guanidine groups is 1. The molecule has 0 atom stereocenters. The maximum Gasteiger partial charge on any atom is 0.229 e. The Bertz CT molecular complexity index is 892. The highest BCUT2D eigenvalue weighted by Crippen LogP contribution is 2.23. The van der Waals surface area contributed by atoms with E-state index in [1.54, 1.807) is 12.1 Å². The second-order valence-corrected chi connectivity index (χ2v) is 8.43. The first-order valence-electron chi connectivity index (χ1n) is 9.63. The Hall–Kier alpha value is -2.09. The van der Waals surface area contributed by atoms with Gasteiger partial charge in [-0.15, -0.1) is 0 Å². The third-order valence-electron chi connectivity index (χ3n) is 5.04. The first-order valence-corrected chi connectivity index (χ1v) is 10.8. The number of hydrazone groups is 1. The molecule has 0 spiro atoms. The Morgan fingerprint density at radius 2 is 1.69 bits per heavy atom. The molecule has 2 aromatic carbocycles. The highest BCUT2D eigenvalue weighted by atomic mass is 35.5. The fraction of sp³-hybridized carbons (Fsp3) is 0.333. The van der Waals surface area contributed by atoms with Crippen LogP contribution in [0.1, 0.15) is 12.0 Å². The summed E-state index contributed by atoms with van der Waals surface area (Å²) < 4.78 is 18.0. The Labute approximate surface area is 180 Å². The molecule has 0 aliphatic carbocycles. The van der Waals surface area contributed by atoms with Gasteiger partial charge in [0, 0.05) is 54.5 Å². The highest BCUT2D eigenvalue weighted by Gasteiger charge is 2.26. The lowest BCUT2D eigenvalue weighted by Crippen LogP contribution is -2.51. The summed E-state index contributed by atoms with van der Waals surface area (Å²) in [6.07, 6.45) is 0.857. The van der Waals surface area contributed by atoms with Crippen LogP contribution in [0.25, 0.3) is 0 Å². The molecule has 1 fully saturated rings. The summed E-state index contributed by atoms with van der Waals surface area (Å²) in [5, 5.41) is 7.57. The van der Waals surface area contributed by atoms with E-state index in [1.807, 2.05) is 29.3 Å². The van der Waals surface area contributed by atoms with Crippen LogP contribution in [0.5, 0.6) is 0 Å². The molecule has 0 saturated carbocycles. The van der Waals surface area contributed by atoms with Gasteiger partial charge in [0.25, 0.3) is 0 Å². The SMILES string of the molecule is CN1CCN(C(=NSc2ccc(F)cc2)N2CCC(c3ccc(Cl)cc3)=N2)CC1. The first kappa shape index (κ1) is 20.2. The summed E-state index contributed by atoms with van der Waals surface area (Å²) in [5.74, 6) is 0.616. The van der Waals surface area contributed by atoms with Gasteiger partial charge in [-0.25, -0.2) is 9.40 Å². The second-order valence-electron chi connectivity index (χ2n) is 7.15. The van der Waals surface area contributed by atoms with E-state index >= 15 is 0 Å². The second kappa shape index (κ2) is 9.15. The molecular formula is C21H23ClFN5S. The molecule has 8 heteroatoms. The van der Waals surface area contributed by atoms with Crippen LogP contribution >= 0.6 is 23.5 Å². The van der Waals surface area contributed by atoms with Crippen molar-refractivity contribution >= 4 is 35.2 Å². The molecule has 0 aromatic heterocycles. The number of benzene rings is 2. The van der Waals surface area contributed by atoms with E-state index in [0.29, 0.717) is 0 Å². The predicted molar refractivity (Wildman–Crippen MR) is 118 cm³/mol. The molecule has 1 saturated heterocycles. The highest BCUT2D eigenvalue weighted by molar-refractivity contribution is 7.98. The van der Waals surface area contributed by atoms with Gasteiger partial charge in [-0.3, -0.25) is 0 Å². The van der Waals surface area contributed by atoms with Crippen LogP contribution in [0.2, 0.25) is 5.02 Å². The normalized spacial score (nSPS) is 18.3. The Balaban J connectivity index is 1.57. The van der Waals surface area contributed by atoms with Crippen molar-refractivity contribution in [2.75, 3.05) is 39.8 Å². The molecule has 2 heterocycles. The molecular weight excluding hydrogens is 409 g/mol. The first-order chi connectivity index (χ1) is 14.1. The van der Waals surface area contributed by atoms with Crippen molar-refractivity contribution in [2.24, 2.45) is 9.50 Å². The molecule has 0 radical (unpaired) electrons. The number of halogens is 2. The Kier molecular flexibility index (Phi) is 6.37. The fourth-order valence-corrected chi connectivity index (χ4v) is 4.09. The van der Waals surface area contributed by atoms with Gasteiger partial charge >= 0.3 is 0 Å². The number of hydrogen-bond donors (Lipinski definition) is 0. The quantitative estimate of drug-likeness (QED) is 0.414. The molecule has 2 aromatic rings. The van der Waals surface area contributed by atoms with Crippen molar-refractivity contribution < 1.29 is 4.39 Å². The number of likely N-dealkylation sites (N-methyl/N-ethyl adjacent to an activating group) is 1. The zero-order chi connectivity index (χ0) is 20.2. The lowest BCUT2D eigenvalue weighted by Gasteiger charge is -2.36. The topological polar surface area (TPSA) is 34.4 Å². The summed E-state index contributed by atoms with van der Waals surface area (Å²) in [4.78, 5) is 5.50. The van der Waals surface area contributed by atoms with Crippen LogP contribution in [0.15, 0.2) is 62.9 Å². The van der Waals surface area contributed by atoms with E-state index in [0.717, 1.165) is 66.3 Å². The van der Waals surface area contributed by atoms with Crippen LogP contribution in [0.3, 0.4) is 0 Å². The van der Waals surface area contributed by atoms with Gasteiger partial charge < -0.3 is 9.80 Å². The van der Waals surface area contributed by atoms with E-state index < -0.39 is 0 Å². The van der Waals surface area contributed by atoms with Crippen LogP contribution in [-0.2, 0) is 0 Å². The molecule has 5 nitrogen and oxygen atoms in total. The standard InChI is InChI=1S/C21H23ClFN5S/c1-26-12-14-27(15-13-26)21(25-29-19-8-6-18(23)7-9-19)28-11-10-20(24-28)16-2-4-17(22)5-3-16/h2-9H,10-15H2,1H3. The van der Waals surface area contributed by atoms with Crippen LogP contribution in [-0.4, -0.2) is 66.3 Å². The molecule has 0 amide bonds. The molecule has 2 aliphatic rings. The van der Waals surface area contributed by atoms with E-state index in [1.165, 1.54) is 24.1 Å². The molecule has 0 unspecified atom stereocenters. The summed E-state index contributed by atoms with van der Waals surface area (Å²) in [5.41, 5.74) is 2.12. The average Bonchev–Trinajstić information content (AvgIpc) is 3.21. The molecule has 4 rings (SSSR count).